The number of rotatable bonds is 2. The summed E-state index contributed by atoms with van der Waals surface area (Å²) in [7, 11) is 3.97. The number of hydrogen-bond acceptors (Lipinski definition) is 0. The average Bonchev–Trinajstić information content (AvgIpc) is 3.26. The number of nitrogens with zero attached hydrogens (tertiary/aromatic N) is 2. The summed E-state index contributed by atoms with van der Waals surface area (Å²) < 4.78 is 43.6. The van der Waals surface area contributed by atoms with Crippen molar-refractivity contribution in [1.82, 2.24) is 4.57 Å². The Balaban J connectivity index is 0.00000245. The van der Waals surface area contributed by atoms with Crippen LogP contribution in [0.1, 0.15) is 22.3 Å². The van der Waals surface area contributed by atoms with Gasteiger partial charge in [-0.1, -0.05) is 42.5 Å². The van der Waals surface area contributed by atoms with Crippen molar-refractivity contribution in [3.63, 3.8) is 0 Å². The van der Waals surface area contributed by atoms with Crippen molar-refractivity contribution in [2.45, 2.75) is 6.18 Å². The first-order valence-corrected chi connectivity index (χ1v) is 9.98. The molecule has 4 aromatic rings. The fourth-order valence-electron chi connectivity index (χ4n) is 4.36. The lowest BCUT2D eigenvalue weighted by Gasteiger charge is -2.12. The maximum absolute atomic E-state index is 13.2. The smallest absolute Gasteiger partial charge is 0.416 e. The Hall–Kier alpha value is -3.31. The number of aryl methyl sites for hydroxylation is 1. The molecule has 3 aromatic carbocycles. The van der Waals surface area contributed by atoms with E-state index < -0.39 is 11.7 Å². The van der Waals surface area contributed by atoms with Crippen molar-refractivity contribution >= 4 is 34.0 Å². The van der Waals surface area contributed by atoms with Gasteiger partial charge in [-0.3, -0.25) is 0 Å². The summed E-state index contributed by atoms with van der Waals surface area (Å²) in [5.41, 5.74) is 6.22. The van der Waals surface area contributed by atoms with E-state index in [1.54, 1.807) is 12.1 Å². The second-order valence-electron chi connectivity index (χ2n) is 7.79. The highest BCUT2D eigenvalue weighted by atomic mass is 35.5. The molecule has 0 saturated heterocycles. The van der Waals surface area contributed by atoms with Gasteiger partial charge in [-0.05, 0) is 29.8 Å². The van der Waals surface area contributed by atoms with Crippen LogP contribution in [0.3, 0.4) is 0 Å². The van der Waals surface area contributed by atoms with Gasteiger partial charge in [0, 0.05) is 41.4 Å². The van der Waals surface area contributed by atoms with Gasteiger partial charge in [0.2, 0.25) is 5.69 Å². The second kappa shape index (κ2) is 7.99. The molecule has 0 N–H and O–H groups in total. The third kappa shape index (κ3) is 3.53. The SMILES string of the molecule is Cn1cc(C(=C2C=[N+](C)c3ccccc32)c2ccc(C(F)(F)F)cc2)c2ccccc21.[Cl-]. The Morgan fingerprint density at radius 3 is 2.25 bits per heavy atom. The molecule has 1 aliphatic rings. The second-order valence-corrected chi connectivity index (χ2v) is 7.79. The average molecular weight is 453 g/mol. The summed E-state index contributed by atoms with van der Waals surface area (Å²) >= 11 is 0. The molecule has 2 heterocycles. The summed E-state index contributed by atoms with van der Waals surface area (Å²) in [6.07, 6.45) is -0.254. The molecule has 0 bridgehead atoms. The molecule has 32 heavy (non-hydrogen) atoms. The van der Waals surface area contributed by atoms with E-state index in [4.69, 9.17) is 0 Å². The summed E-state index contributed by atoms with van der Waals surface area (Å²) in [5.74, 6) is 0. The van der Waals surface area contributed by atoms with Crippen molar-refractivity contribution in [3.05, 3.63) is 101 Å². The molecule has 162 valence electrons. The van der Waals surface area contributed by atoms with Crippen molar-refractivity contribution in [3.8, 4) is 0 Å². The fourth-order valence-corrected chi connectivity index (χ4v) is 4.36. The van der Waals surface area contributed by atoms with E-state index in [0.29, 0.717) is 0 Å². The van der Waals surface area contributed by atoms with Gasteiger partial charge >= 0.3 is 6.18 Å². The Morgan fingerprint density at radius 2 is 1.53 bits per heavy atom. The van der Waals surface area contributed by atoms with Gasteiger partial charge in [-0.15, -0.1) is 0 Å². The van der Waals surface area contributed by atoms with Crippen molar-refractivity contribution < 1.29 is 30.2 Å². The van der Waals surface area contributed by atoms with Gasteiger partial charge in [0.1, 0.15) is 7.05 Å². The van der Waals surface area contributed by atoms with E-state index in [1.807, 2.05) is 50.5 Å². The first kappa shape index (κ1) is 21.9. The van der Waals surface area contributed by atoms with Gasteiger partial charge in [0.15, 0.2) is 6.21 Å². The Bertz CT molecular complexity index is 1380. The summed E-state index contributed by atoms with van der Waals surface area (Å²) in [4.78, 5) is 0. The molecule has 0 aliphatic carbocycles. The molecule has 1 aromatic heterocycles. The number of allylic oxidation sites excluding steroid dienone is 1. The van der Waals surface area contributed by atoms with Crippen LogP contribution in [-0.4, -0.2) is 22.4 Å². The normalized spacial score (nSPS) is 14.7. The zero-order chi connectivity index (χ0) is 21.8. The molecular weight excluding hydrogens is 433 g/mol. The molecule has 0 fully saturated rings. The Kier molecular flexibility index (Phi) is 5.47. The minimum absolute atomic E-state index is 0. The highest BCUT2D eigenvalue weighted by Crippen LogP contribution is 2.41. The largest absolute Gasteiger partial charge is 1.00 e. The van der Waals surface area contributed by atoms with Crippen molar-refractivity contribution in [2.75, 3.05) is 7.05 Å². The first-order valence-electron chi connectivity index (χ1n) is 9.98. The quantitative estimate of drug-likeness (QED) is 0.411. The van der Waals surface area contributed by atoms with E-state index >= 15 is 0 Å². The minimum Gasteiger partial charge on any atom is -1.00 e. The summed E-state index contributed by atoms with van der Waals surface area (Å²) in [5, 5.41) is 1.06. The maximum Gasteiger partial charge on any atom is 0.416 e. The van der Waals surface area contributed by atoms with Gasteiger partial charge in [-0.2, -0.15) is 13.2 Å². The zero-order valence-electron chi connectivity index (χ0n) is 17.5. The van der Waals surface area contributed by atoms with Gasteiger partial charge in [0.05, 0.1) is 16.7 Å². The van der Waals surface area contributed by atoms with E-state index in [2.05, 4.69) is 33.7 Å². The van der Waals surface area contributed by atoms with E-state index in [1.165, 1.54) is 0 Å². The molecule has 5 rings (SSSR count). The number of para-hydroxylation sites is 2. The van der Waals surface area contributed by atoms with Crippen LogP contribution < -0.4 is 12.4 Å². The van der Waals surface area contributed by atoms with Crippen LogP contribution in [-0.2, 0) is 13.2 Å². The lowest BCUT2D eigenvalue weighted by atomic mass is 9.89. The third-order valence-corrected chi connectivity index (χ3v) is 5.83. The topological polar surface area (TPSA) is 7.94 Å². The lowest BCUT2D eigenvalue weighted by molar-refractivity contribution is -0.395. The van der Waals surface area contributed by atoms with E-state index in [-0.39, 0.29) is 12.4 Å². The summed E-state index contributed by atoms with van der Waals surface area (Å²) in [6.45, 7) is 0. The number of halogens is 4. The predicted octanol–water partition coefficient (Wildman–Crippen LogP) is 3.52. The standard InChI is InChI=1S/C26H20F3N2.ClH/c1-30-15-21(19-7-3-5-9-23(19)30)25(17-11-13-18(14-12-17)26(27,28)29)22-16-31(2)24-10-6-4-8-20(22)24;/h3-16H,1-2H3;1H/q+1;/p-1. The first-order chi connectivity index (χ1) is 14.8. The molecule has 0 unspecified atom stereocenters. The number of hydrogen-bond donors (Lipinski definition) is 0. The van der Waals surface area contributed by atoms with Gasteiger partial charge in [-0.25, -0.2) is 4.58 Å². The Labute approximate surface area is 190 Å². The molecule has 0 saturated carbocycles. The molecule has 6 heteroatoms. The van der Waals surface area contributed by atoms with Crippen molar-refractivity contribution in [1.29, 1.82) is 0 Å². The molecular formula is C26H20ClF3N2. The third-order valence-electron chi connectivity index (χ3n) is 5.83. The molecule has 2 nitrogen and oxygen atoms in total. The van der Waals surface area contributed by atoms with Crippen molar-refractivity contribution in [2.24, 2.45) is 7.05 Å². The number of benzene rings is 3. The molecule has 0 amide bonds. The van der Waals surface area contributed by atoms with Crippen LogP contribution in [0.15, 0.2) is 79.0 Å². The number of aromatic nitrogens is 1. The zero-order valence-corrected chi connectivity index (χ0v) is 18.2. The van der Waals surface area contributed by atoms with E-state index in [0.717, 1.165) is 56.6 Å². The van der Waals surface area contributed by atoms with Gasteiger partial charge in [0.25, 0.3) is 0 Å². The highest BCUT2D eigenvalue weighted by Gasteiger charge is 2.31. The van der Waals surface area contributed by atoms with Crippen LogP contribution in [0.2, 0.25) is 0 Å². The molecule has 0 spiro atoms. The lowest BCUT2D eigenvalue weighted by Crippen LogP contribution is -3.00. The predicted molar refractivity (Wildman–Crippen MR) is 119 cm³/mol. The van der Waals surface area contributed by atoms with Crippen LogP contribution in [0.25, 0.3) is 22.0 Å². The fraction of sp³-hybridized carbons (Fsp3) is 0.115. The molecule has 0 atom stereocenters. The van der Waals surface area contributed by atoms with Gasteiger partial charge < -0.3 is 17.0 Å². The number of alkyl halides is 3. The van der Waals surface area contributed by atoms with Crippen LogP contribution >= 0.6 is 0 Å². The Morgan fingerprint density at radius 1 is 0.875 bits per heavy atom. The molecule has 1 aliphatic heterocycles. The van der Waals surface area contributed by atoms with Crippen LogP contribution in [0, 0.1) is 0 Å². The highest BCUT2D eigenvalue weighted by molar-refractivity contribution is 6.25. The maximum atomic E-state index is 13.2. The van der Waals surface area contributed by atoms with Crippen LogP contribution in [0.5, 0.6) is 0 Å². The number of fused-ring (bicyclic) bond motifs is 2. The van der Waals surface area contributed by atoms with Crippen LogP contribution in [0.4, 0.5) is 18.9 Å². The monoisotopic (exact) mass is 452 g/mol. The minimum atomic E-state index is -4.36. The molecule has 0 radical (unpaired) electrons. The van der Waals surface area contributed by atoms with E-state index in [9.17, 15) is 13.2 Å². The summed E-state index contributed by atoms with van der Waals surface area (Å²) in [6, 6.07) is 21.6.